The Morgan fingerprint density at radius 1 is 1.33 bits per heavy atom. The average Bonchev–Trinajstić information content (AvgIpc) is 3.21. The summed E-state index contributed by atoms with van der Waals surface area (Å²) in [6, 6.07) is 7.31. The summed E-state index contributed by atoms with van der Waals surface area (Å²) in [7, 11) is 1.92. The first-order chi connectivity index (χ1) is 12.5. The fraction of sp³-hybridized carbons (Fsp3) is 0.368. The molecule has 2 N–H and O–H groups in total. The van der Waals surface area contributed by atoms with Gasteiger partial charge in [0.05, 0.1) is 9.88 Å². The van der Waals surface area contributed by atoms with Gasteiger partial charge in [-0.3, -0.25) is 9.59 Å². The van der Waals surface area contributed by atoms with Gasteiger partial charge in [-0.25, -0.2) is 4.39 Å². The summed E-state index contributed by atoms with van der Waals surface area (Å²) >= 11 is 1.26. The molecule has 1 aromatic carbocycles. The zero-order valence-electron chi connectivity index (χ0n) is 15.3. The van der Waals surface area contributed by atoms with Crippen LogP contribution in [0.25, 0.3) is 0 Å². The van der Waals surface area contributed by atoms with E-state index in [2.05, 4.69) is 10.6 Å². The van der Waals surface area contributed by atoms with E-state index in [1.165, 1.54) is 29.5 Å². The van der Waals surface area contributed by atoms with Gasteiger partial charge in [-0.2, -0.15) is 0 Å². The molecule has 1 unspecified atom stereocenters. The highest BCUT2D eigenvalue weighted by atomic mass is 35.5. The van der Waals surface area contributed by atoms with Crippen LogP contribution in [0.15, 0.2) is 30.3 Å². The van der Waals surface area contributed by atoms with Crippen molar-refractivity contribution >= 4 is 40.6 Å². The van der Waals surface area contributed by atoms with Crippen LogP contribution < -0.4 is 10.6 Å². The molecule has 1 fully saturated rings. The Morgan fingerprint density at radius 2 is 2.11 bits per heavy atom. The van der Waals surface area contributed by atoms with Crippen molar-refractivity contribution in [3.05, 3.63) is 52.2 Å². The molecule has 1 aliphatic heterocycles. The Morgan fingerprint density at radius 3 is 2.81 bits per heavy atom. The SMILES string of the molecule is CNCC1CCN(C(=O)c2sc(NC(=O)c3cccc(F)c3)cc2C)C1.Cl. The zero-order chi connectivity index (χ0) is 18.7. The van der Waals surface area contributed by atoms with Crippen LogP contribution in [0.3, 0.4) is 0 Å². The number of benzene rings is 1. The molecule has 0 saturated carbocycles. The summed E-state index contributed by atoms with van der Waals surface area (Å²) in [6.07, 6.45) is 1.00. The molecular weight excluding hydrogens is 389 g/mol. The number of aryl methyl sites for hydroxylation is 1. The molecule has 2 heterocycles. The molecule has 5 nitrogen and oxygen atoms in total. The second kappa shape index (κ2) is 9.30. The van der Waals surface area contributed by atoms with Gasteiger partial charge in [-0.15, -0.1) is 23.7 Å². The lowest BCUT2D eigenvalue weighted by Crippen LogP contribution is -2.30. The number of hydrogen-bond donors (Lipinski definition) is 2. The van der Waals surface area contributed by atoms with Crippen molar-refractivity contribution in [2.75, 3.05) is 32.0 Å². The van der Waals surface area contributed by atoms with Crippen LogP contribution in [0.5, 0.6) is 0 Å². The second-order valence-corrected chi connectivity index (χ2v) is 7.60. The summed E-state index contributed by atoms with van der Waals surface area (Å²) in [5, 5.41) is 6.50. The molecule has 1 aliphatic rings. The molecule has 27 heavy (non-hydrogen) atoms. The minimum absolute atomic E-state index is 0. The minimum Gasteiger partial charge on any atom is -0.338 e. The molecule has 1 atom stereocenters. The number of rotatable bonds is 5. The molecule has 3 rings (SSSR count). The Labute approximate surface area is 168 Å². The number of nitrogens with zero attached hydrogens (tertiary/aromatic N) is 1. The van der Waals surface area contributed by atoms with E-state index in [4.69, 9.17) is 0 Å². The van der Waals surface area contributed by atoms with Crippen LogP contribution in [0.2, 0.25) is 0 Å². The summed E-state index contributed by atoms with van der Waals surface area (Å²) in [6.45, 7) is 4.28. The lowest BCUT2D eigenvalue weighted by molar-refractivity contribution is 0.0791. The van der Waals surface area contributed by atoms with Gasteiger partial charge in [0.1, 0.15) is 5.82 Å². The molecule has 0 bridgehead atoms. The third kappa shape index (κ3) is 5.06. The number of thiophene rings is 1. The van der Waals surface area contributed by atoms with E-state index in [1.807, 2.05) is 18.9 Å². The summed E-state index contributed by atoms with van der Waals surface area (Å²) in [4.78, 5) is 27.6. The highest BCUT2D eigenvalue weighted by molar-refractivity contribution is 7.18. The van der Waals surface area contributed by atoms with E-state index in [0.717, 1.165) is 31.6 Å². The predicted octanol–water partition coefficient (Wildman–Crippen LogP) is 3.55. The van der Waals surface area contributed by atoms with Crippen molar-refractivity contribution in [3.8, 4) is 0 Å². The number of nitrogens with one attached hydrogen (secondary N) is 2. The van der Waals surface area contributed by atoms with E-state index < -0.39 is 5.82 Å². The zero-order valence-corrected chi connectivity index (χ0v) is 16.9. The highest BCUT2D eigenvalue weighted by Gasteiger charge is 2.28. The van der Waals surface area contributed by atoms with Crippen molar-refractivity contribution in [3.63, 3.8) is 0 Å². The average molecular weight is 412 g/mol. The maximum atomic E-state index is 13.3. The number of carbonyl (C=O) groups excluding carboxylic acids is 2. The monoisotopic (exact) mass is 411 g/mol. The first-order valence-electron chi connectivity index (χ1n) is 8.59. The fourth-order valence-electron chi connectivity index (χ4n) is 3.19. The quantitative estimate of drug-likeness (QED) is 0.790. The van der Waals surface area contributed by atoms with Gasteiger partial charge in [0, 0.05) is 18.7 Å². The fourth-order valence-corrected chi connectivity index (χ4v) is 4.22. The third-order valence-corrected chi connectivity index (χ3v) is 5.64. The Balaban J connectivity index is 0.00000261. The van der Waals surface area contributed by atoms with Gasteiger partial charge in [-0.05, 0) is 62.7 Å². The van der Waals surface area contributed by atoms with E-state index in [0.29, 0.717) is 15.8 Å². The molecule has 8 heteroatoms. The van der Waals surface area contributed by atoms with Crippen molar-refractivity contribution in [2.45, 2.75) is 13.3 Å². The Hall–Kier alpha value is -1.96. The molecule has 2 amide bonds. The third-order valence-electron chi connectivity index (χ3n) is 4.50. The van der Waals surface area contributed by atoms with Crippen molar-refractivity contribution in [2.24, 2.45) is 5.92 Å². The van der Waals surface area contributed by atoms with Crippen molar-refractivity contribution < 1.29 is 14.0 Å². The number of hydrogen-bond acceptors (Lipinski definition) is 4. The van der Waals surface area contributed by atoms with Gasteiger partial charge in [0.25, 0.3) is 11.8 Å². The Bertz CT molecular complexity index is 827. The lowest BCUT2D eigenvalue weighted by Gasteiger charge is -2.16. The lowest BCUT2D eigenvalue weighted by atomic mass is 10.1. The van der Waals surface area contributed by atoms with Gasteiger partial charge < -0.3 is 15.5 Å². The number of halogens is 2. The summed E-state index contributed by atoms with van der Waals surface area (Å²) < 4.78 is 13.3. The standard InChI is InChI=1S/C19H22FN3O2S.ClH/c1-12-8-16(22-18(24)14-4-3-5-15(20)9-14)26-17(12)19(25)23-7-6-13(11-23)10-21-2;/h3-5,8-9,13,21H,6-7,10-11H2,1-2H3,(H,22,24);1H. The summed E-state index contributed by atoms with van der Waals surface area (Å²) in [5.41, 5.74) is 1.09. The van der Waals surface area contributed by atoms with Gasteiger partial charge >= 0.3 is 0 Å². The molecule has 1 aromatic heterocycles. The van der Waals surface area contributed by atoms with E-state index in [1.54, 1.807) is 12.1 Å². The second-order valence-electron chi connectivity index (χ2n) is 6.55. The smallest absolute Gasteiger partial charge is 0.264 e. The number of likely N-dealkylation sites (tertiary alicyclic amines) is 1. The largest absolute Gasteiger partial charge is 0.338 e. The van der Waals surface area contributed by atoms with E-state index >= 15 is 0 Å². The van der Waals surface area contributed by atoms with Crippen LogP contribution >= 0.6 is 23.7 Å². The molecule has 0 aliphatic carbocycles. The predicted molar refractivity (Wildman–Crippen MR) is 109 cm³/mol. The number of carbonyl (C=O) groups is 2. The molecule has 1 saturated heterocycles. The maximum Gasteiger partial charge on any atom is 0.264 e. The highest BCUT2D eigenvalue weighted by Crippen LogP contribution is 2.30. The van der Waals surface area contributed by atoms with Crippen molar-refractivity contribution in [1.29, 1.82) is 0 Å². The minimum atomic E-state index is -0.457. The van der Waals surface area contributed by atoms with Crippen LogP contribution in [0.4, 0.5) is 9.39 Å². The van der Waals surface area contributed by atoms with E-state index in [9.17, 15) is 14.0 Å². The van der Waals surface area contributed by atoms with Gasteiger partial charge in [-0.1, -0.05) is 6.07 Å². The summed E-state index contributed by atoms with van der Waals surface area (Å²) in [5.74, 6) is -0.352. The van der Waals surface area contributed by atoms with Crippen LogP contribution in [0, 0.1) is 18.7 Å². The van der Waals surface area contributed by atoms with E-state index in [-0.39, 0.29) is 29.8 Å². The van der Waals surface area contributed by atoms with Crippen LogP contribution in [-0.2, 0) is 0 Å². The first-order valence-corrected chi connectivity index (χ1v) is 9.41. The molecule has 0 spiro atoms. The van der Waals surface area contributed by atoms with Crippen LogP contribution in [-0.4, -0.2) is 43.4 Å². The first kappa shape index (κ1) is 21.3. The Kier molecular flexibility index (Phi) is 7.35. The number of anilines is 1. The number of amides is 2. The molecular formula is C19H23ClFN3O2S. The topological polar surface area (TPSA) is 61.4 Å². The van der Waals surface area contributed by atoms with Gasteiger partial charge in [0.15, 0.2) is 0 Å². The molecule has 0 radical (unpaired) electrons. The normalized spacial score (nSPS) is 16.1. The maximum absolute atomic E-state index is 13.3. The van der Waals surface area contributed by atoms with Gasteiger partial charge in [0.2, 0.25) is 0 Å². The van der Waals surface area contributed by atoms with Crippen LogP contribution in [0.1, 0.15) is 32.0 Å². The van der Waals surface area contributed by atoms with Crippen molar-refractivity contribution in [1.82, 2.24) is 10.2 Å². The molecule has 146 valence electrons. The molecule has 2 aromatic rings.